The van der Waals surface area contributed by atoms with Gasteiger partial charge < -0.3 is 15.3 Å². The van der Waals surface area contributed by atoms with Crippen LogP contribution in [0.15, 0.2) is 0 Å². The van der Waals surface area contributed by atoms with Gasteiger partial charge in [0.05, 0.1) is 5.92 Å². The lowest BCUT2D eigenvalue weighted by Crippen LogP contribution is -2.39. The maximum Gasteiger partial charge on any atom is 0.306 e. The van der Waals surface area contributed by atoms with Crippen molar-refractivity contribution in [1.82, 2.24) is 10.2 Å². The number of carboxylic acids is 1. The molecule has 2 N–H and O–H groups in total. The van der Waals surface area contributed by atoms with E-state index in [0.717, 1.165) is 25.8 Å². The SMILES string of the molecule is CC(C)N1CCCC(NCC2CCCCC2C(=O)O)CC1. The fourth-order valence-corrected chi connectivity index (χ4v) is 3.93. The second-order valence-corrected chi connectivity index (χ2v) is 7.16. The van der Waals surface area contributed by atoms with Crippen LogP contribution in [0.3, 0.4) is 0 Å². The Balaban J connectivity index is 1.78. The summed E-state index contributed by atoms with van der Waals surface area (Å²) in [6, 6.07) is 1.21. The smallest absolute Gasteiger partial charge is 0.306 e. The molecule has 0 amide bonds. The van der Waals surface area contributed by atoms with E-state index in [1.54, 1.807) is 0 Å². The molecule has 3 atom stereocenters. The lowest BCUT2D eigenvalue weighted by Gasteiger charge is -2.30. The Hall–Kier alpha value is -0.610. The second kappa shape index (κ2) is 8.14. The molecule has 1 saturated carbocycles. The highest BCUT2D eigenvalue weighted by Gasteiger charge is 2.31. The average Bonchev–Trinajstić information content (AvgIpc) is 2.71. The number of nitrogens with one attached hydrogen (secondary N) is 1. The number of likely N-dealkylation sites (tertiary alicyclic amines) is 1. The minimum absolute atomic E-state index is 0.121. The van der Waals surface area contributed by atoms with Crippen molar-refractivity contribution in [3.05, 3.63) is 0 Å². The molecule has 21 heavy (non-hydrogen) atoms. The van der Waals surface area contributed by atoms with Gasteiger partial charge in [-0.05, 0) is 71.5 Å². The van der Waals surface area contributed by atoms with E-state index < -0.39 is 5.97 Å². The van der Waals surface area contributed by atoms with Crippen LogP contribution in [0, 0.1) is 11.8 Å². The number of carboxylic acid groups (broad SMARTS) is 1. The molecule has 0 spiro atoms. The second-order valence-electron chi connectivity index (χ2n) is 7.16. The first-order chi connectivity index (χ1) is 10.1. The van der Waals surface area contributed by atoms with Gasteiger partial charge in [-0.25, -0.2) is 0 Å². The van der Waals surface area contributed by atoms with Crippen molar-refractivity contribution in [3.8, 4) is 0 Å². The van der Waals surface area contributed by atoms with Crippen LogP contribution in [0.4, 0.5) is 0 Å². The van der Waals surface area contributed by atoms with E-state index in [1.807, 2.05) is 0 Å². The molecule has 3 unspecified atom stereocenters. The Morgan fingerprint density at radius 1 is 1.14 bits per heavy atom. The lowest BCUT2D eigenvalue weighted by molar-refractivity contribution is -0.144. The van der Waals surface area contributed by atoms with Gasteiger partial charge in [-0.3, -0.25) is 4.79 Å². The fourth-order valence-electron chi connectivity index (χ4n) is 3.93. The average molecular weight is 296 g/mol. The molecule has 122 valence electrons. The van der Waals surface area contributed by atoms with E-state index in [-0.39, 0.29) is 5.92 Å². The van der Waals surface area contributed by atoms with Gasteiger partial charge in [0.1, 0.15) is 0 Å². The maximum absolute atomic E-state index is 11.4. The number of nitrogens with zero attached hydrogens (tertiary/aromatic N) is 1. The molecule has 1 heterocycles. The van der Waals surface area contributed by atoms with Gasteiger partial charge in [-0.1, -0.05) is 12.8 Å². The van der Waals surface area contributed by atoms with Crippen molar-refractivity contribution in [2.45, 2.75) is 70.9 Å². The summed E-state index contributed by atoms with van der Waals surface area (Å²) in [5.74, 6) is -0.377. The monoisotopic (exact) mass is 296 g/mol. The summed E-state index contributed by atoms with van der Waals surface area (Å²) in [6.45, 7) is 7.81. The first-order valence-electron chi connectivity index (χ1n) is 8.78. The van der Waals surface area contributed by atoms with Crippen LogP contribution >= 0.6 is 0 Å². The van der Waals surface area contributed by atoms with E-state index in [1.165, 1.54) is 38.8 Å². The van der Waals surface area contributed by atoms with Gasteiger partial charge in [0, 0.05) is 12.1 Å². The molecule has 0 aromatic rings. The zero-order valence-corrected chi connectivity index (χ0v) is 13.7. The zero-order valence-electron chi connectivity index (χ0n) is 13.7. The Bertz CT molecular complexity index is 333. The molecule has 2 rings (SSSR count). The zero-order chi connectivity index (χ0) is 15.2. The van der Waals surface area contributed by atoms with Crippen LogP contribution in [-0.2, 0) is 4.79 Å². The summed E-state index contributed by atoms with van der Waals surface area (Å²) in [7, 11) is 0. The van der Waals surface area contributed by atoms with E-state index in [4.69, 9.17) is 0 Å². The molecule has 4 nitrogen and oxygen atoms in total. The van der Waals surface area contributed by atoms with Crippen LogP contribution in [0.1, 0.15) is 58.8 Å². The largest absolute Gasteiger partial charge is 0.481 e. The summed E-state index contributed by atoms with van der Waals surface area (Å²) in [6.07, 6.45) is 7.91. The first kappa shape index (κ1) is 16.8. The molecule has 0 radical (unpaired) electrons. The summed E-state index contributed by atoms with van der Waals surface area (Å²) in [5.41, 5.74) is 0. The number of hydrogen-bond donors (Lipinski definition) is 2. The number of hydrogen-bond acceptors (Lipinski definition) is 3. The Morgan fingerprint density at radius 2 is 1.90 bits per heavy atom. The van der Waals surface area contributed by atoms with Crippen molar-refractivity contribution in [2.24, 2.45) is 11.8 Å². The standard InChI is InChI=1S/C17H32N2O2/c1-13(2)19-10-5-7-15(9-11-19)18-12-14-6-3-4-8-16(14)17(20)21/h13-16,18H,3-12H2,1-2H3,(H,20,21). The van der Waals surface area contributed by atoms with Crippen molar-refractivity contribution >= 4 is 5.97 Å². The van der Waals surface area contributed by atoms with Crippen molar-refractivity contribution in [1.29, 1.82) is 0 Å². The van der Waals surface area contributed by atoms with E-state index in [2.05, 4.69) is 24.1 Å². The quantitative estimate of drug-likeness (QED) is 0.819. The van der Waals surface area contributed by atoms with Gasteiger partial charge in [-0.2, -0.15) is 0 Å². The number of rotatable bonds is 5. The fraction of sp³-hybridized carbons (Fsp3) is 0.941. The molecule has 0 aromatic carbocycles. The molecular formula is C17H32N2O2. The Kier molecular flexibility index (Phi) is 6.49. The highest BCUT2D eigenvalue weighted by atomic mass is 16.4. The van der Waals surface area contributed by atoms with Gasteiger partial charge in [0.2, 0.25) is 0 Å². The highest BCUT2D eigenvalue weighted by molar-refractivity contribution is 5.70. The van der Waals surface area contributed by atoms with Crippen LogP contribution in [0.25, 0.3) is 0 Å². The predicted octanol–water partition coefficient (Wildman–Crippen LogP) is 2.73. The first-order valence-corrected chi connectivity index (χ1v) is 8.78. The van der Waals surface area contributed by atoms with E-state index in [9.17, 15) is 9.90 Å². The normalized spacial score (nSPS) is 32.0. The van der Waals surface area contributed by atoms with Gasteiger partial charge in [0.15, 0.2) is 0 Å². The van der Waals surface area contributed by atoms with Crippen LogP contribution in [0.5, 0.6) is 0 Å². The van der Waals surface area contributed by atoms with Crippen LogP contribution in [0.2, 0.25) is 0 Å². The van der Waals surface area contributed by atoms with E-state index in [0.29, 0.717) is 18.0 Å². The van der Waals surface area contributed by atoms with Crippen LogP contribution < -0.4 is 5.32 Å². The molecule has 1 aliphatic heterocycles. The van der Waals surface area contributed by atoms with Crippen molar-refractivity contribution < 1.29 is 9.90 Å². The summed E-state index contributed by atoms with van der Waals surface area (Å²) in [4.78, 5) is 13.9. The number of carbonyl (C=O) groups is 1. The lowest BCUT2D eigenvalue weighted by atomic mass is 9.79. The molecule has 2 aliphatic rings. The highest BCUT2D eigenvalue weighted by Crippen LogP contribution is 2.30. The maximum atomic E-state index is 11.4. The van der Waals surface area contributed by atoms with Gasteiger partial charge in [0.25, 0.3) is 0 Å². The third-order valence-corrected chi connectivity index (χ3v) is 5.39. The molecule has 0 bridgehead atoms. The third kappa shape index (κ3) is 4.96. The minimum atomic E-state index is -0.589. The predicted molar refractivity (Wildman–Crippen MR) is 85.4 cm³/mol. The summed E-state index contributed by atoms with van der Waals surface area (Å²) in [5, 5.41) is 13.0. The summed E-state index contributed by atoms with van der Waals surface area (Å²) >= 11 is 0. The molecule has 0 aromatic heterocycles. The topological polar surface area (TPSA) is 52.6 Å². The van der Waals surface area contributed by atoms with Crippen molar-refractivity contribution in [2.75, 3.05) is 19.6 Å². The molecule has 4 heteroatoms. The molecule has 1 saturated heterocycles. The molecule has 1 aliphatic carbocycles. The Labute approximate surface area is 129 Å². The van der Waals surface area contributed by atoms with Crippen molar-refractivity contribution in [3.63, 3.8) is 0 Å². The third-order valence-electron chi connectivity index (χ3n) is 5.39. The molecule has 2 fully saturated rings. The summed E-state index contributed by atoms with van der Waals surface area (Å²) < 4.78 is 0. The van der Waals surface area contributed by atoms with Crippen LogP contribution in [-0.4, -0.2) is 47.7 Å². The molecular weight excluding hydrogens is 264 g/mol. The number of aliphatic carboxylic acids is 1. The van der Waals surface area contributed by atoms with Gasteiger partial charge >= 0.3 is 5.97 Å². The van der Waals surface area contributed by atoms with E-state index >= 15 is 0 Å². The van der Waals surface area contributed by atoms with Gasteiger partial charge in [-0.15, -0.1) is 0 Å². The minimum Gasteiger partial charge on any atom is -0.481 e. The Morgan fingerprint density at radius 3 is 2.62 bits per heavy atom.